The third-order valence-corrected chi connectivity index (χ3v) is 7.11. The SMILES string of the molecule is O=S(=O)(NCC1CC(Oc2ccc(CN3CCCC3)cc2)C1)c1cccc(F)c1. The van der Waals surface area contributed by atoms with Crippen LogP contribution in [0.4, 0.5) is 4.39 Å². The molecule has 0 spiro atoms. The number of nitrogens with one attached hydrogen (secondary N) is 1. The van der Waals surface area contributed by atoms with Crippen molar-refractivity contribution < 1.29 is 17.5 Å². The minimum absolute atomic E-state index is 0.0429. The largest absolute Gasteiger partial charge is 0.490 e. The molecule has 2 aliphatic rings. The molecule has 0 unspecified atom stereocenters. The highest BCUT2D eigenvalue weighted by molar-refractivity contribution is 7.89. The molecule has 5 nitrogen and oxygen atoms in total. The summed E-state index contributed by atoms with van der Waals surface area (Å²) in [6, 6.07) is 13.3. The average Bonchev–Trinajstić information content (AvgIpc) is 3.18. The zero-order chi connectivity index (χ0) is 20.3. The molecule has 2 fully saturated rings. The molecule has 4 rings (SSSR count). The molecule has 2 aromatic carbocycles. The molecule has 1 aliphatic carbocycles. The molecule has 1 saturated heterocycles. The van der Waals surface area contributed by atoms with Crippen molar-refractivity contribution in [3.63, 3.8) is 0 Å². The Morgan fingerprint density at radius 1 is 1.07 bits per heavy atom. The molecule has 1 N–H and O–H groups in total. The molecular weight excluding hydrogens is 391 g/mol. The van der Waals surface area contributed by atoms with Crippen molar-refractivity contribution in [2.45, 2.75) is 43.2 Å². The van der Waals surface area contributed by atoms with Crippen LogP contribution in [0.15, 0.2) is 53.4 Å². The Bertz CT molecular complexity index is 921. The van der Waals surface area contributed by atoms with E-state index in [1.165, 1.54) is 49.7 Å². The van der Waals surface area contributed by atoms with Crippen molar-refractivity contribution in [1.29, 1.82) is 0 Å². The molecule has 1 saturated carbocycles. The maximum Gasteiger partial charge on any atom is 0.240 e. The van der Waals surface area contributed by atoms with Gasteiger partial charge in [0.2, 0.25) is 10.0 Å². The molecule has 2 aromatic rings. The number of benzene rings is 2. The van der Waals surface area contributed by atoms with Crippen molar-refractivity contribution >= 4 is 10.0 Å². The van der Waals surface area contributed by atoms with Crippen LogP contribution in [0.2, 0.25) is 0 Å². The standard InChI is InChI=1S/C22H27FN2O3S/c23-19-4-3-5-22(14-19)29(26,27)24-15-18-12-21(13-18)28-20-8-6-17(7-9-20)16-25-10-1-2-11-25/h3-9,14,18,21,24H,1-2,10-13,15-16H2. The van der Waals surface area contributed by atoms with E-state index in [1.54, 1.807) is 0 Å². The average molecular weight is 419 g/mol. The molecule has 7 heteroatoms. The van der Waals surface area contributed by atoms with Gasteiger partial charge in [0.25, 0.3) is 0 Å². The van der Waals surface area contributed by atoms with Crippen molar-refractivity contribution in [2.75, 3.05) is 19.6 Å². The minimum atomic E-state index is -3.68. The number of hydrogen-bond acceptors (Lipinski definition) is 4. The molecule has 0 aromatic heterocycles. The maximum absolute atomic E-state index is 13.2. The van der Waals surface area contributed by atoms with E-state index in [0.29, 0.717) is 6.54 Å². The van der Waals surface area contributed by atoms with Gasteiger partial charge >= 0.3 is 0 Å². The van der Waals surface area contributed by atoms with Gasteiger partial charge < -0.3 is 4.74 Å². The first-order valence-electron chi connectivity index (χ1n) is 10.2. The van der Waals surface area contributed by atoms with Gasteiger partial charge in [-0.3, -0.25) is 4.90 Å². The summed E-state index contributed by atoms with van der Waals surface area (Å²) in [5.41, 5.74) is 1.30. The van der Waals surface area contributed by atoms with Gasteiger partial charge in [0.05, 0.1) is 11.0 Å². The zero-order valence-electron chi connectivity index (χ0n) is 16.4. The Morgan fingerprint density at radius 3 is 2.48 bits per heavy atom. The topological polar surface area (TPSA) is 58.6 Å². The van der Waals surface area contributed by atoms with Gasteiger partial charge in [-0.05, 0) is 80.6 Å². The number of hydrogen-bond donors (Lipinski definition) is 1. The van der Waals surface area contributed by atoms with Crippen LogP contribution in [0.1, 0.15) is 31.2 Å². The van der Waals surface area contributed by atoms with Gasteiger partial charge in [0.15, 0.2) is 0 Å². The van der Waals surface area contributed by atoms with Crippen molar-refractivity contribution in [1.82, 2.24) is 9.62 Å². The molecule has 0 amide bonds. The fourth-order valence-electron chi connectivity index (χ4n) is 3.95. The van der Waals surface area contributed by atoms with Crippen LogP contribution in [-0.2, 0) is 16.6 Å². The second-order valence-corrected chi connectivity index (χ2v) is 9.78. The van der Waals surface area contributed by atoms with Gasteiger partial charge in [-0.2, -0.15) is 0 Å². The lowest BCUT2D eigenvalue weighted by Gasteiger charge is -2.35. The lowest BCUT2D eigenvalue weighted by Crippen LogP contribution is -2.41. The number of nitrogens with zero attached hydrogens (tertiary/aromatic N) is 1. The van der Waals surface area contributed by atoms with E-state index in [-0.39, 0.29) is 16.9 Å². The lowest BCUT2D eigenvalue weighted by atomic mass is 9.82. The van der Waals surface area contributed by atoms with Gasteiger partial charge in [0, 0.05) is 13.1 Å². The summed E-state index contributed by atoms with van der Waals surface area (Å²) in [7, 11) is -3.68. The van der Waals surface area contributed by atoms with E-state index in [9.17, 15) is 12.8 Å². The third-order valence-electron chi connectivity index (χ3n) is 5.69. The van der Waals surface area contributed by atoms with Gasteiger partial charge in [-0.25, -0.2) is 17.5 Å². The molecule has 29 heavy (non-hydrogen) atoms. The van der Waals surface area contributed by atoms with E-state index in [4.69, 9.17) is 4.74 Å². The molecule has 1 aliphatic heterocycles. The van der Waals surface area contributed by atoms with Crippen LogP contribution in [0, 0.1) is 11.7 Å². The summed E-state index contributed by atoms with van der Waals surface area (Å²) < 4.78 is 46.3. The Labute approximate surface area is 171 Å². The molecule has 156 valence electrons. The first kappa shape index (κ1) is 20.3. The molecule has 0 radical (unpaired) electrons. The number of ether oxygens (including phenoxy) is 1. The van der Waals surface area contributed by atoms with E-state index in [1.807, 2.05) is 12.1 Å². The Morgan fingerprint density at radius 2 is 1.79 bits per heavy atom. The van der Waals surface area contributed by atoms with Gasteiger partial charge in [-0.1, -0.05) is 18.2 Å². The maximum atomic E-state index is 13.2. The van der Waals surface area contributed by atoms with Crippen molar-refractivity contribution in [3.8, 4) is 5.75 Å². The monoisotopic (exact) mass is 418 g/mol. The lowest BCUT2D eigenvalue weighted by molar-refractivity contribution is 0.0673. The van der Waals surface area contributed by atoms with Crippen LogP contribution in [0.5, 0.6) is 5.75 Å². The normalized spacial score (nSPS) is 22.4. The second-order valence-electron chi connectivity index (χ2n) is 8.01. The molecule has 0 bridgehead atoms. The Balaban J connectivity index is 1.20. The number of rotatable bonds is 8. The van der Waals surface area contributed by atoms with Crippen LogP contribution in [0.25, 0.3) is 0 Å². The van der Waals surface area contributed by atoms with Gasteiger partial charge in [0.1, 0.15) is 11.6 Å². The Hall–Kier alpha value is -1.96. The van der Waals surface area contributed by atoms with Crippen LogP contribution in [-0.4, -0.2) is 39.1 Å². The zero-order valence-corrected chi connectivity index (χ0v) is 17.2. The smallest absolute Gasteiger partial charge is 0.240 e. The number of likely N-dealkylation sites (tertiary alicyclic amines) is 1. The minimum Gasteiger partial charge on any atom is -0.490 e. The van der Waals surface area contributed by atoms with E-state index >= 15 is 0 Å². The predicted octanol–water partition coefficient (Wildman–Crippen LogP) is 3.56. The fraction of sp³-hybridized carbons (Fsp3) is 0.455. The van der Waals surface area contributed by atoms with Crippen molar-refractivity contribution in [3.05, 3.63) is 59.9 Å². The molecular formula is C22H27FN2O3S. The summed E-state index contributed by atoms with van der Waals surface area (Å²) in [5.74, 6) is 0.535. The van der Waals surface area contributed by atoms with Crippen LogP contribution < -0.4 is 9.46 Å². The first-order valence-corrected chi connectivity index (χ1v) is 11.7. The first-order chi connectivity index (χ1) is 14.0. The van der Waals surface area contributed by atoms with Crippen LogP contribution >= 0.6 is 0 Å². The number of sulfonamides is 1. The van der Waals surface area contributed by atoms with E-state index in [2.05, 4.69) is 21.8 Å². The highest BCUT2D eigenvalue weighted by Crippen LogP contribution is 2.31. The summed E-state index contributed by atoms with van der Waals surface area (Å²) >= 11 is 0. The van der Waals surface area contributed by atoms with Crippen molar-refractivity contribution in [2.24, 2.45) is 5.92 Å². The molecule has 1 heterocycles. The third kappa shape index (κ3) is 5.35. The summed E-state index contributed by atoms with van der Waals surface area (Å²) in [5, 5.41) is 0. The summed E-state index contributed by atoms with van der Waals surface area (Å²) in [6.07, 6.45) is 4.32. The highest BCUT2D eigenvalue weighted by atomic mass is 32.2. The Kier molecular flexibility index (Phi) is 6.18. The second kappa shape index (κ2) is 8.81. The fourth-order valence-corrected chi connectivity index (χ4v) is 5.09. The van der Waals surface area contributed by atoms with E-state index in [0.717, 1.165) is 31.2 Å². The molecule has 0 atom stereocenters. The van der Waals surface area contributed by atoms with Crippen LogP contribution in [0.3, 0.4) is 0 Å². The number of halogens is 1. The van der Waals surface area contributed by atoms with E-state index < -0.39 is 15.8 Å². The predicted molar refractivity (Wildman–Crippen MR) is 110 cm³/mol. The summed E-state index contributed by atoms with van der Waals surface area (Å²) in [6.45, 7) is 3.71. The quantitative estimate of drug-likeness (QED) is 0.712. The van der Waals surface area contributed by atoms with Gasteiger partial charge in [-0.15, -0.1) is 0 Å². The summed E-state index contributed by atoms with van der Waals surface area (Å²) in [4.78, 5) is 2.43. The highest BCUT2D eigenvalue weighted by Gasteiger charge is 2.32.